The SMILES string of the molecule is COc1ccc(Br)cc1NCC1CCC(=O)CC1. The van der Waals surface area contributed by atoms with Gasteiger partial charge >= 0.3 is 0 Å². The zero-order valence-corrected chi connectivity index (χ0v) is 12.1. The summed E-state index contributed by atoms with van der Waals surface area (Å²) in [5.74, 6) is 1.85. The van der Waals surface area contributed by atoms with Crippen LogP contribution in [0.5, 0.6) is 5.75 Å². The smallest absolute Gasteiger partial charge is 0.142 e. The summed E-state index contributed by atoms with van der Waals surface area (Å²) in [5, 5.41) is 3.42. The van der Waals surface area contributed by atoms with Crippen molar-refractivity contribution in [3.8, 4) is 5.75 Å². The monoisotopic (exact) mass is 311 g/mol. The van der Waals surface area contributed by atoms with Crippen molar-refractivity contribution >= 4 is 27.4 Å². The summed E-state index contributed by atoms with van der Waals surface area (Å²) in [6, 6.07) is 5.92. The lowest BCUT2D eigenvalue weighted by Crippen LogP contribution is -2.21. The number of Topliss-reactive ketones (excluding diaryl/α,β-unsaturated/α-hetero) is 1. The van der Waals surface area contributed by atoms with E-state index in [1.807, 2.05) is 18.2 Å². The molecule has 0 unspecified atom stereocenters. The van der Waals surface area contributed by atoms with Crippen LogP contribution < -0.4 is 10.1 Å². The number of rotatable bonds is 4. The number of carbonyl (C=O) groups is 1. The number of ketones is 1. The Morgan fingerprint density at radius 3 is 2.78 bits per heavy atom. The number of nitrogens with one attached hydrogen (secondary N) is 1. The minimum atomic E-state index is 0.409. The van der Waals surface area contributed by atoms with Crippen molar-refractivity contribution in [3.63, 3.8) is 0 Å². The second-order valence-electron chi connectivity index (χ2n) is 4.71. The number of anilines is 1. The molecule has 1 aliphatic rings. The van der Waals surface area contributed by atoms with Gasteiger partial charge in [-0.1, -0.05) is 15.9 Å². The lowest BCUT2D eigenvalue weighted by Gasteiger charge is -2.22. The number of hydrogen-bond donors (Lipinski definition) is 1. The van der Waals surface area contributed by atoms with Crippen LogP contribution >= 0.6 is 15.9 Å². The van der Waals surface area contributed by atoms with Gasteiger partial charge < -0.3 is 10.1 Å². The third kappa shape index (κ3) is 3.48. The largest absolute Gasteiger partial charge is 0.495 e. The van der Waals surface area contributed by atoms with Crippen LogP contribution in [0.2, 0.25) is 0 Å². The molecule has 0 bridgehead atoms. The van der Waals surface area contributed by atoms with Crippen molar-refractivity contribution in [3.05, 3.63) is 22.7 Å². The van der Waals surface area contributed by atoms with Crippen LogP contribution in [-0.4, -0.2) is 19.4 Å². The van der Waals surface area contributed by atoms with Gasteiger partial charge in [-0.2, -0.15) is 0 Å². The van der Waals surface area contributed by atoms with E-state index in [0.717, 1.165) is 48.1 Å². The molecule has 0 heterocycles. The molecule has 1 aromatic carbocycles. The van der Waals surface area contributed by atoms with Gasteiger partial charge in [0, 0.05) is 23.9 Å². The molecule has 4 heteroatoms. The molecule has 0 amide bonds. The molecule has 1 aromatic rings. The summed E-state index contributed by atoms with van der Waals surface area (Å²) in [7, 11) is 1.67. The van der Waals surface area contributed by atoms with Gasteiger partial charge in [0.05, 0.1) is 12.8 Å². The van der Waals surface area contributed by atoms with E-state index >= 15 is 0 Å². The van der Waals surface area contributed by atoms with E-state index < -0.39 is 0 Å². The Bertz CT molecular complexity index is 424. The molecule has 0 spiro atoms. The highest BCUT2D eigenvalue weighted by Crippen LogP contribution is 2.29. The minimum Gasteiger partial charge on any atom is -0.495 e. The summed E-state index contributed by atoms with van der Waals surface area (Å²) in [6.45, 7) is 0.903. The average molecular weight is 312 g/mol. The number of methoxy groups -OCH3 is 1. The van der Waals surface area contributed by atoms with Gasteiger partial charge in [-0.15, -0.1) is 0 Å². The Labute approximate surface area is 116 Å². The van der Waals surface area contributed by atoms with E-state index in [1.54, 1.807) is 7.11 Å². The predicted molar refractivity (Wildman–Crippen MR) is 76.1 cm³/mol. The van der Waals surface area contributed by atoms with E-state index in [2.05, 4.69) is 21.2 Å². The molecule has 1 aliphatic carbocycles. The minimum absolute atomic E-state index is 0.409. The van der Waals surface area contributed by atoms with E-state index in [0.29, 0.717) is 11.7 Å². The van der Waals surface area contributed by atoms with Crippen LogP contribution in [0.15, 0.2) is 22.7 Å². The number of ether oxygens (including phenoxy) is 1. The summed E-state index contributed by atoms with van der Waals surface area (Å²) in [5.41, 5.74) is 1.00. The second-order valence-corrected chi connectivity index (χ2v) is 5.62. The fraction of sp³-hybridized carbons (Fsp3) is 0.500. The first kappa shape index (κ1) is 13.4. The van der Waals surface area contributed by atoms with Crippen molar-refractivity contribution in [2.24, 2.45) is 5.92 Å². The van der Waals surface area contributed by atoms with Crippen LogP contribution in [0.3, 0.4) is 0 Å². The van der Waals surface area contributed by atoms with E-state index in [9.17, 15) is 4.79 Å². The molecule has 18 heavy (non-hydrogen) atoms. The van der Waals surface area contributed by atoms with Gasteiger partial charge in [-0.3, -0.25) is 4.79 Å². The molecule has 0 saturated heterocycles. The maximum Gasteiger partial charge on any atom is 0.142 e. The van der Waals surface area contributed by atoms with Crippen LogP contribution in [0.1, 0.15) is 25.7 Å². The highest BCUT2D eigenvalue weighted by molar-refractivity contribution is 9.10. The third-order valence-electron chi connectivity index (χ3n) is 3.41. The lowest BCUT2D eigenvalue weighted by atomic mass is 9.88. The highest BCUT2D eigenvalue weighted by Gasteiger charge is 2.18. The normalized spacial score (nSPS) is 16.7. The number of hydrogen-bond acceptors (Lipinski definition) is 3. The van der Waals surface area contributed by atoms with E-state index in [4.69, 9.17) is 4.74 Å². The summed E-state index contributed by atoms with van der Waals surface area (Å²) in [6.07, 6.45) is 3.48. The molecule has 0 aromatic heterocycles. The average Bonchev–Trinajstić information content (AvgIpc) is 2.38. The maximum atomic E-state index is 11.2. The quantitative estimate of drug-likeness (QED) is 0.922. The molecule has 0 atom stereocenters. The zero-order chi connectivity index (χ0) is 13.0. The van der Waals surface area contributed by atoms with Gasteiger partial charge in [-0.25, -0.2) is 0 Å². The topological polar surface area (TPSA) is 38.3 Å². The Morgan fingerprint density at radius 1 is 1.39 bits per heavy atom. The molecular weight excluding hydrogens is 294 g/mol. The predicted octanol–water partition coefficient (Wildman–Crippen LogP) is 3.63. The zero-order valence-electron chi connectivity index (χ0n) is 10.5. The molecule has 0 aliphatic heterocycles. The summed E-state index contributed by atoms with van der Waals surface area (Å²) < 4.78 is 6.35. The molecule has 1 N–H and O–H groups in total. The number of benzene rings is 1. The van der Waals surface area contributed by atoms with Crippen LogP contribution in [0, 0.1) is 5.92 Å². The van der Waals surface area contributed by atoms with Crippen molar-refractivity contribution in [1.29, 1.82) is 0 Å². The van der Waals surface area contributed by atoms with Gasteiger partial charge in [0.25, 0.3) is 0 Å². The maximum absolute atomic E-state index is 11.2. The molecule has 2 rings (SSSR count). The first-order chi connectivity index (χ1) is 8.69. The Morgan fingerprint density at radius 2 is 2.11 bits per heavy atom. The van der Waals surface area contributed by atoms with Crippen molar-refractivity contribution in [2.45, 2.75) is 25.7 Å². The molecular formula is C14H18BrNO2. The first-order valence-corrected chi connectivity index (χ1v) is 7.07. The highest BCUT2D eigenvalue weighted by atomic mass is 79.9. The van der Waals surface area contributed by atoms with Crippen LogP contribution in [-0.2, 0) is 4.79 Å². The van der Waals surface area contributed by atoms with Crippen molar-refractivity contribution in [2.75, 3.05) is 19.0 Å². The van der Waals surface area contributed by atoms with Crippen molar-refractivity contribution < 1.29 is 9.53 Å². The number of halogens is 1. The Hall–Kier alpha value is -1.03. The molecule has 1 fully saturated rings. The second kappa shape index (κ2) is 6.23. The summed E-state index contributed by atoms with van der Waals surface area (Å²) in [4.78, 5) is 11.2. The third-order valence-corrected chi connectivity index (χ3v) is 3.90. The Kier molecular flexibility index (Phi) is 4.64. The molecule has 0 radical (unpaired) electrons. The first-order valence-electron chi connectivity index (χ1n) is 6.28. The van der Waals surface area contributed by atoms with Crippen LogP contribution in [0.4, 0.5) is 5.69 Å². The molecule has 3 nitrogen and oxygen atoms in total. The summed E-state index contributed by atoms with van der Waals surface area (Å²) >= 11 is 3.46. The van der Waals surface area contributed by atoms with Gasteiger partial charge in [0.2, 0.25) is 0 Å². The molecule has 98 valence electrons. The fourth-order valence-corrected chi connectivity index (χ4v) is 2.64. The van der Waals surface area contributed by atoms with E-state index in [1.165, 1.54) is 0 Å². The lowest BCUT2D eigenvalue weighted by molar-refractivity contribution is -0.120. The molecule has 1 saturated carbocycles. The number of carbonyl (C=O) groups excluding carboxylic acids is 1. The van der Waals surface area contributed by atoms with Gasteiger partial charge in [0.1, 0.15) is 11.5 Å². The standard InChI is InChI=1S/C14H18BrNO2/c1-18-14-7-4-11(15)8-13(14)16-9-10-2-5-12(17)6-3-10/h4,7-8,10,16H,2-3,5-6,9H2,1H3. The van der Waals surface area contributed by atoms with Crippen molar-refractivity contribution in [1.82, 2.24) is 0 Å². The Balaban J connectivity index is 1.93. The van der Waals surface area contributed by atoms with Gasteiger partial charge in [0.15, 0.2) is 0 Å². The van der Waals surface area contributed by atoms with Crippen LogP contribution in [0.25, 0.3) is 0 Å². The fourth-order valence-electron chi connectivity index (χ4n) is 2.28. The van der Waals surface area contributed by atoms with Gasteiger partial charge in [-0.05, 0) is 37.0 Å². The van der Waals surface area contributed by atoms with E-state index in [-0.39, 0.29) is 0 Å².